The van der Waals surface area contributed by atoms with E-state index in [0.29, 0.717) is 11.4 Å². The highest BCUT2D eigenvalue weighted by atomic mass is 19.1. The molecule has 188 valence electrons. The van der Waals surface area contributed by atoms with Crippen LogP contribution < -0.4 is 16.0 Å². The zero-order valence-corrected chi connectivity index (χ0v) is 20.6. The molecule has 1 aromatic carbocycles. The number of hydrogen-bond donors (Lipinski definition) is 3. The van der Waals surface area contributed by atoms with Crippen molar-refractivity contribution in [2.75, 3.05) is 17.2 Å². The molecule has 10 heteroatoms. The number of amides is 1. The highest BCUT2D eigenvalue weighted by Crippen LogP contribution is 2.27. The summed E-state index contributed by atoms with van der Waals surface area (Å²) in [7, 11) is 0. The van der Waals surface area contributed by atoms with Gasteiger partial charge in [-0.1, -0.05) is 12.1 Å². The third-order valence-corrected chi connectivity index (χ3v) is 5.17. The number of pyridine rings is 3. The molecule has 3 heterocycles. The highest BCUT2D eigenvalue weighted by Gasteiger charge is 2.21. The summed E-state index contributed by atoms with van der Waals surface area (Å²) in [6, 6.07) is 17.0. The summed E-state index contributed by atoms with van der Waals surface area (Å²) in [5.41, 5.74) is 1.41. The van der Waals surface area contributed by atoms with E-state index in [1.807, 2.05) is 30.3 Å². The first-order valence-corrected chi connectivity index (χ1v) is 11.6. The maximum absolute atomic E-state index is 15.0. The summed E-state index contributed by atoms with van der Waals surface area (Å²) in [5.74, 6) is -0.650. The van der Waals surface area contributed by atoms with Gasteiger partial charge in [0, 0.05) is 30.0 Å². The number of alkyl carbamates (subject to hydrolysis) is 1. The van der Waals surface area contributed by atoms with Crippen LogP contribution >= 0.6 is 0 Å². The van der Waals surface area contributed by atoms with E-state index in [9.17, 15) is 10.1 Å². The first kappa shape index (κ1) is 25.3. The van der Waals surface area contributed by atoms with Crippen molar-refractivity contribution >= 4 is 34.3 Å². The van der Waals surface area contributed by atoms with E-state index in [2.05, 4.69) is 30.9 Å². The predicted octanol–water partition coefficient (Wildman–Crippen LogP) is 5.46. The number of nitrogens with zero attached hydrogens (tertiary/aromatic N) is 4. The minimum atomic E-state index is -0.719. The van der Waals surface area contributed by atoms with Crippen LogP contribution in [0.25, 0.3) is 10.9 Å². The average molecular weight is 500 g/mol. The van der Waals surface area contributed by atoms with E-state index in [-0.39, 0.29) is 23.7 Å². The van der Waals surface area contributed by atoms with Gasteiger partial charge in [0.2, 0.25) is 0 Å². The molecule has 0 aliphatic carbocycles. The van der Waals surface area contributed by atoms with Crippen molar-refractivity contribution in [2.45, 2.75) is 32.4 Å². The molecule has 0 aliphatic heterocycles. The first-order valence-electron chi connectivity index (χ1n) is 11.6. The average Bonchev–Trinajstić information content (AvgIpc) is 2.87. The van der Waals surface area contributed by atoms with Gasteiger partial charge in [0.05, 0.1) is 22.8 Å². The van der Waals surface area contributed by atoms with Gasteiger partial charge in [-0.25, -0.2) is 14.2 Å². The highest BCUT2D eigenvalue weighted by molar-refractivity contribution is 5.83. The van der Waals surface area contributed by atoms with Crippen LogP contribution in [0.5, 0.6) is 0 Å². The van der Waals surface area contributed by atoms with E-state index in [1.54, 1.807) is 57.4 Å². The SMILES string of the molecule is CC(C)(C)OC(=O)NC[C@H](Nc1nc(Nc2ccc3ncccc3c2)c(C#N)cc1F)c1ccccn1. The van der Waals surface area contributed by atoms with Gasteiger partial charge in [-0.3, -0.25) is 9.97 Å². The Bertz CT molecular complexity index is 1450. The van der Waals surface area contributed by atoms with Crippen molar-refractivity contribution in [2.24, 2.45) is 0 Å². The van der Waals surface area contributed by atoms with Crippen LogP contribution in [-0.4, -0.2) is 33.2 Å². The standard InChI is InChI=1S/C27H26FN7O2/c1-27(2,3)37-26(36)32-16-23(22-8-4-5-11-31-22)34-25-20(28)14-18(15-29)24(35-25)33-19-9-10-21-17(13-19)7-6-12-30-21/h4-14,23H,16H2,1-3H3,(H,32,36)(H2,33,34,35)/t23-/m0/s1. The quantitative estimate of drug-likeness (QED) is 0.306. The first-order chi connectivity index (χ1) is 17.7. The largest absolute Gasteiger partial charge is 0.444 e. The Hall–Kier alpha value is -4.78. The Morgan fingerprint density at radius 1 is 1.08 bits per heavy atom. The number of carbonyl (C=O) groups excluding carboxylic acids is 1. The maximum Gasteiger partial charge on any atom is 0.407 e. The van der Waals surface area contributed by atoms with Crippen LogP contribution in [0.4, 0.5) is 26.5 Å². The number of ether oxygens (including phenoxy) is 1. The number of benzene rings is 1. The molecule has 0 spiro atoms. The number of hydrogen-bond acceptors (Lipinski definition) is 8. The molecule has 4 aromatic rings. The van der Waals surface area contributed by atoms with E-state index >= 15 is 4.39 Å². The van der Waals surface area contributed by atoms with Gasteiger partial charge in [-0.15, -0.1) is 0 Å². The fourth-order valence-electron chi connectivity index (χ4n) is 3.54. The van der Waals surface area contributed by atoms with E-state index < -0.39 is 23.6 Å². The molecule has 0 saturated carbocycles. The summed E-state index contributed by atoms with van der Waals surface area (Å²) in [6.07, 6.45) is 2.69. The van der Waals surface area contributed by atoms with Gasteiger partial charge in [-0.05, 0) is 63.2 Å². The van der Waals surface area contributed by atoms with E-state index in [0.717, 1.165) is 17.0 Å². The number of fused-ring (bicyclic) bond motifs is 1. The number of rotatable bonds is 7. The monoisotopic (exact) mass is 499 g/mol. The van der Waals surface area contributed by atoms with Crippen molar-refractivity contribution in [3.63, 3.8) is 0 Å². The lowest BCUT2D eigenvalue weighted by molar-refractivity contribution is 0.0525. The molecule has 0 saturated heterocycles. The summed E-state index contributed by atoms with van der Waals surface area (Å²) in [6.45, 7) is 5.33. The second-order valence-corrected chi connectivity index (χ2v) is 9.20. The third kappa shape index (κ3) is 6.67. The molecule has 0 bridgehead atoms. The van der Waals surface area contributed by atoms with Crippen LogP contribution in [-0.2, 0) is 4.74 Å². The molecule has 3 N–H and O–H groups in total. The smallest absolute Gasteiger partial charge is 0.407 e. The second kappa shape index (κ2) is 10.9. The molecule has 4 rings (SSSR count). The molecule has 3 aromatic heterocycles. The van der Waals surface area contributed by atoms with E-state index in [1.165, 1.54) is 0 Å². The van der Waals surface area contributed by atoms with Crippen LogP contribution in [0.1, 0.15) is 38.1 Å². The fraction of sp³-hybridized carbons (Fsp3) is 0.222. The normalized spacial score (nSPS) is 11.9. The molecule has 0 unspecified atom stereocenters. The van der Waals surface area contributed by atoms with E-state index in [4.69, 9.17) is 4.74 Å². The number of anilines is 3. The van der Waals surface area contributed by atoms with Crippen LogP contribution in [0, 0.1) is 17.1 Å². The van der Waals surface area contributed by atoms with Crippen LogP contribution in [0.2, 0.25) is 0 Å². The Labute approximate surface area is 213 Å². The Kier molecular flexibility index (Phi) is 7.44. The van der Waals surface area contributed by atoms with Crippen molar-refractivity contribution in [1.82, 2.24) is 20.3 Å². The predicted molar refractivity (Wildman–Crippen MR) is 139 cm³/mol. The Morgan fingerprint density at radius 3 is 2.62 bits per heavy atom. The van der Waals surface area contributed by atoms with Crippen molar-refractivity contribution in [3.8, 4) is 6.07 Å². The van der Waals surface area contributed by atoms with Crippen molar-refractivity contribution < 1.29 is 13.9 Å². The zero-order valence-electron chi connectivity index (χ0n) is 20.6. The Morgan fingerprint density at radius 2 is 1.89 bits per heavy atom. The third-order valence-electron chi connectivity index (χ3n) is 5.17. The van der Waals surface area contributed by atoms with Gasteiger partial charge in [0.25, 0.3) is 0 Å². The molecular weight excluding hydrogens is 473 g/mol. The molecule has 37 heavy (non-hydrogen) atoms. The van der Waals surface area contributed by atoms with Crippen LogP contribution in [0.3, 0.4) is 0 Å². The number of halogens is 1. The molecule has 1 atom stereocenters. The van der Waals surface area contributed by atoms with Crippen LogP contribution in [0.15, 0.2) is 67.0 Å². The number of carbonyl (C=O) groups is 1. The molecule has 0 radical (unpaired) electrons. The lowest BCUT2D eigenvalue weighted by Gasteiger charge is -2.23. The topological polar surface area (TPSA) is 125 Å². The second-order valence-electron chi connectivity index (χ2n) is 9.20. The van der Waals surface area contributed by atoms with Gasteiger partial charge in [0.15, 0.2) is 17.5 Å². The van der Waals surface area contributed by atoms with Crippen molar-refractivity contribution in [1.29, 1.82) is 5.26 Å². The molecule has 1 amide bonds. The lowest BCUT2D eigenvalue weighted by Crippen LogP contribution is -2.36. The summed E-state index contributed by atoms with van der Waals surface area (Å²) in [5, 5.41) is 19.3. The van der Waals surface area contributed by atoms with Gasteiger partial charge in [0.1, 0.15) is 11.7 Å². The summed E-state index contributed by atoms with van der Waals surface area (Å²) in [4.78, 5) is 25.2. The van der Waals surface area contributed by atoms with Gasteiger partial charge >= 0.3 is 6.09 Å². The van der Waals surface area contributed by atoms with Gasteiger partial charge in [-0.2, -0.15) is 5.26 Å². The fourth-order valence-corrected chi connectivity index (χ4v) is 3.54. The van der Waals surface area contributed by atoms with Gasteiger partial charge < -0.3 is 20.7 Å². The molecule has 9 nitrogen and oxygen atoms in total. The molecule has 0 aliphatic rings. The number of aromatic nitrogens is 3. The summed E-state index contributed by atoms with van der Waals surface area (Å²) < 4.78 is 20.3. The minimum Gasteiger partial charge on any atom is -0.444 e. The lowest BCUT2D eigenvalue weighted by atomic mass is 10.1. The number of nitriles is 1. The Balaban J connectivity index is 1.60. The minimum absolute atomic E-state index is 0.0376. The maximum atomic E-state index is 15.0. The van der Waals surface area contributed by atoms with Crippen molar-refractivity contribution in [3.05, 3.63) is 84.1 Å². The molecular formula is C27H26FN7O2. The zero-order chi connectivity index (χ0) is 26.4. The molecule has 0 fully saturated rings. The summed E-state index contributed by atoms with van der Waals surface area (Å²) >= 11 is 0. The number of nitrogens with one attached hydrogen (secondary N) is 3.